The molecular formula is C22H33FN2O3Si. The van der Waals surface area contributed by atoms with E-state index in [4.69, 9.17) is 4.74 Å². The number of amides is 2. The summed E-state index contributed by atoms with van der Waals surface area (Å²) < 4.78 is 19.8. The van der Waals surface area contributed by atoms with Gasteiger partial charge in [-0.15, -0.1) is 0 Å². The highest BCUT2D eigenvalue weighted by molar-refractivity contribution is 6.83. The number of ether oxygens (including phenoxy) is 1. The first kappa shape index (κ1) is 21.8. The van der Waals surface area contributed by atoms with Gasteiger partial charge in [0.25, 0.3) is 5.91 Å². The van der Waals surface area contributed by atoms with Gasteiger partial charge in [-0.1, -0.05) is 58.2 Å². The van der Waals surface area contributed by atoms with Crippen molar-refractivity contribution in [1.82, 2.24) is 5.32 Å². The zero-order valence-corrected chi connectivity index (χ0v) is 19.5. The summed E-state index contributed by atoms with van der Waals surface area (Å²) in [7, 11) is -0.191. The van der Waals surface area contributed by atoms with E-state index in [1.54, 1.807) is 13.1 Å². The normalized spacial score (nSPS) is 24.5. The van der Waals surface area contributed by atoms with E-state index in [-0.39, 0.29) is 12.0 Å². The van der Waals surface area contributed by atoms with Gasteiger partial charge >= 0.3 is 6.09 Å². The van der Waals surface area contributed by atoms with Gasteiger partial charge in [-0.2, -0.15) is 0 Å². The van der Waals surface area contributed by atoms with E-state index in [1.165, 1.54) is 17.0 Å². The molecule has 2 atom stereocenters. The molecular weight excluding hydrogens is 387 g/mol. The number of rotatable bonds is 5. The van der Waals surface area contributed by atoms with Gasteiger partial charge in [-0.25, -0.2) is 9.18 Å². The number of nitrogens with one attached hydrogen (secondary N) is 1. The summed E-state index contributed by atoms with van der Waals surface area (Å²) in [6.45, 7) is 13.6. The zero-order chi connectivity index (χ0) is 21.7. The maximum absolute atomic E-state index is 14.1. The van der Waals surface area contributed by atoms with Crippen LogP contribution in [0.1, 0.15) is 53.5 Å². The monoisotopic (exact) mass is 420 g/mol. The van der Waals surface area contributed by atoms with Crippen LogP contribution in [-0.4, -0.2) is 33.2 Å². The van der Waals surface area contributed by atoms with E-state index in [0.29, 0.717) is 34.3 Å². The van der Waals surface area contributed by atoms with Crippen LogP contribution in [0, 0.1) is 5.82 Å². The van der Waals surface area contributed by atoms with Crippen LogP contribution in [0.2, 0.25) is 22.7 Å². The van der Waals surface area contributed by atoms with Crippen LogP contribution < -0.4 is 10.2 Å². The quantitative estimate of drug-likeness (QED) is 0.668. The topological polar surface area (TPSA) is 58.6 Å². The largest absolute Gasteiger partial charge is 0.446 e. The average molecular weight is 421 g/mol. The summed E-state index contributed by atoms with van der Waals surface area (Å²) in [5, 5.41) is 2.76. The van der Waals surface area contributed by atoms with Gasteiger partial charge in [0.15, 0.2) is 5.54 Å². The molecule has 0 unspecified atom stereocenters. The fourth-order valence-corrected chi connectivity index (χ4v) is 12.4. The zero-order valence-electron chi connectivity index (χ0n) is 18.5. The maximum Gasteiger partial charge on any atom is 0.408 e. The molecule has 1 aromatic carbocycles. The Hall–Kier alpha value is -1.89. The van der Waals surface area contributed by atoms with E-state index >= 15 is 0 Å². The molecule has 3 rings (SSSR count). The van der Waals surface area contributed by atoms with Crippen LogP contribution in [0.4, 0.5) is 14.9 Å². The second-order valence-electron chi connectivity index (χ2n) is 9.57. The number of nitrogens with zero attached hydrogens (tertiary/aromatic N) is 1. The van der Waals surface area contributed by atoms with Crippen molar-refractivity contribution in [2.45, 2.75) is 82.3 Å². The molecule has 0 saturated carbocycles. The first-order valence-corrected chi connectivity index (χ1v) is 13.0. The molecule has 5 nitrogen and oxygen atoms in total. The summed E-state index contributed by atoms with van der Waals surface area (Å²) in [4.78, 5) is 27.4. The number of likely N-dealkylation sites (N-methyl/N-ethyl adjacent to an activating group) is 1. The summed E-state index contributed by atoms with van der Waals surface area (Å²) in [5.74, 6) is -0.649. The molecule has 2 amide bonds. The number of anilines is 1. The highest BCUT2D eigenvalue weighted by Gasteiger charge is 2.57. The Morgan fingerprint density at radius 1 is 1.17 bits per heavy atom. The maximum atomic E-state index is 14.1. The van der Waals surface area contributed by atoms with Crippen LogP contribution in [0.15, 0.2) is 18.2 Å². The number of halogens is 1. The molecule has 1 spiro atoms. The third-order valence-corrected chi connectivity index (χ3v) is 15.0. The molecule has 29 heavy (non-hydrogen) atoms. The van der Waals surface area contributed by atoms with Crippen molar-refractivity contribution in [1.29, 1.82) is 0 Å². The third kappa shape index (κ3) is 3.27. The van der Waals surface area contributed by atoms with Crippen LogP contribution in [0.25, 0.3) is 0 Å². The molecule has 0 bridgehead atoms. The van der Waals surface area contributed by atoms with Gasteiger partial charge < -0.3 is 15.0 Å². The Morgan fingerprint density at radius 2 is 1.76 bits per heavy atom. The molecule has 2 heterocycles. The Kier molecular flexibility index (Phi) is 5.58. The summed E-state index contributed by atoms with van der Waals surface area (Å²) in [6.07, 6.45) is -0.632. The minimum absolute atomic E-state index is 0.231. The fourth-order valence-electron chi connectivity index (χ4n) is 5.98. The van der Waals surface area contributed by atoms with Crippen LogP contribution in [0.5, 0.6) is 0 Å². The van der Waals surface area contributed by atoms with Crippen molar-refractivity contribution in [3.8, 4) is 0 Å². The highest BCUT2D eigenvalue weighted by atomic mass is 28.3. The second kappa shape index (κ2) is 7.42. The first-order chi connectivity index (χ1) is 13.5. The van der Waals surface area contributed by atoms with Gasteiger partial charge in [0.2, 0.25) is 0 Å². The van der Waals surface area contributed by atoms with Crippen LogP contribution in [0.3, 0.4) is 0 Å². The number of carbonyl (C=O) groups is 2. The second-order valence-corrected chi connectivity index (χ2v) is 15.7. The SMILES string of the molecule is CC(C)[Si](C[C@@H]1C[C@]2(NC(=O)O1)C(=O)N(C)c1ccc(F)cc12)(C(C)C)C(C)C. The lowest BCUT2D eigenvalue weighted by molar-refractivity contribution is -0.126. The van der Waals surface area contributed by atoms with Crippen molar-refractivity contribution >= 4 is 25.8 Å². The fraction of sp³-hybridized carbons (Fsp3) is 0.636. The molecule has 0 radical (unpaired) electrons. The number of benzene rings is 1. The van der Waals surface area contributed by atoms with Gasteiger partial charge in [-0.05, 0) is 24.2 Å². The van der Waals surface area contributed by atoms with E-state index in [2.05, 4.69) is 46.9 Å². The predicted octanol–water partition coefficient (Wildman–Crippen LogP) is 5.17. The number of hydrogen-bond donors (Lipinski definition) is 1. The molecule has 160 valence electrons. The highest BCUT2D eigenvalue weighted by Crippen LogP contribution is 2.50. The van der Waals surface area contributed by atoms with Crippen molar-refractivity contribution in [2.75, 3.05) is 11.9 Å². The Bertz CT molecular complexity index is 805. The average Bonchev–Trinajstić information content (AvgIpc) is 2.80. The minimum Gasteiger partial charge on any atom is -0.446 e. The third-order valence-electron chi connectivity index (χ3n) is 7.38. The van der Waals surface area contributed by atoms with E-state index < -0.39 is 25.5 Å². The summed E-state index contributed by atoms with van der Waals surface area (Å²) >= 11 is 0. The molecule has 0 aliphatic carbocycles. The predicted molar refractivity (Wildman–Crippen MR) is 115 cm³/mol. The summed E-state index contributed by atoms with van der Waals surface area (Å²) in [5.41, 5.74) is 1.45. The molecule has 2 aliphatic rings. The Morgan fingerprint density at radius 3 is 2.31 bits per heavy atom. The Balaban J connectivity index is 2.03. The number of fused-ring (bicyclic) bond motifs is 2. The number of cyclic esters (lactones) is 1. The number of hydrogen-bond acceptors (Lipinski definition) is 3. The van der Waals surface area contributed by atoms with Gasteiger partial charge in [0.1, 0.15) is 11.9 Å². The molecule has 1 aromatic rings. The molecule has 1 saturated heterocycles. The molecule has 0 aromatic heterocycles. The molecule has 2 aliphatic heterocycles. The number of alkyl carbamates (subject to hydrolysis) is 1. The van der Waals surface area contributed by atoms with Gasteiger partial charge in [0.05, 0.1) is 8.07 Å². The van der Waals surface area contributed by atoms with Crippen molar-refractivity contribution in [3.63, 3.8) is 0 Å². The van der Waals surface area contributed by atoms with E-state index in [1.807, 2.05) is 0 Å². The molecule has 7 heteroatoms. The smallest absolute Gasteiger partial charge is 0.408 e. The van der Waals surface area contributed by atoms with Crippen molar-refractivity contribution < 1.29 is 18.7 Å². The lowest BCUT2D eigenvalue weighted by atomic mass is 9.85. The lowest BCUT2D eigenvalue weighted by Crippen LogP contribution is -2.60. The van der Waals surface area contributed by atoms with Crippen LogP contribution in [-0.2, 0) is 15.1 Å². The van der Waals surface area contributed by atoms with E-state index in [9.17, 15) is 14.0 Å². The molecule has 1 N–H and O–H groups in total. The van der Waals surface area contributed by atoms with Gasteiger partial charge in [0, 0.05) is 24.7 Å². The van der Waals surface area contributed by atoms with Crippen LogP contribution >= 0.6 is 0 Å². The Labute approximate surface area is 174 Å². The number of carbonyl (C=O) groups excluding carboxylic acids is 2. The lowest BCUT2D eigenvalue weighted by Gasteiger charge is -2.47. The standard InChI is InChI=1S/C22H33FN2O3Si/c1-13(2)29(14(3)4,15(5)6)12-17-11-22(24-21(27)28-17)18-10-16(23)8-9-19(18)25(7)20(22)26/h8-10,13-15,17H,11-12H2,1-7H3,(H,24,27)/t17-,22+/m0/s1. The van der Waals surface area contributed by atoms with Crippen molar-refractivity contribution in [3.05, 3.63) is 29.6 Å². The first-order valence-electron chi connectivity index (χ1n) is 10.5. The van der Waals surface area contributed by atoms with E-state index in [0.717, 1.165) is 6.04 Å². The minimum atomic E-state index is -1.86. The summed E-state index contributed by atoms with van der Waals surface area (Å²) in [6, 6.07) is 5.12. The van der Waals surface area contributed by atoms with Crippen molar-refractivity contribution in [2.24, 2.45) is 0 Å². The molecule has 1 fully saturated rings. The van der Waals surface area contributed by atoms with Gasteiger partial charge in [-0.3, -0.25) is 4.79 Å².